The Balaban J connectivity index is 1.71. The third-order valence-corrected chi connectivity index (χ3v) is 4.85. The first kappa shape index (κ1) is 12.7. The summed E-state index contributed by atoms with van der Waals surface area (Å²) in [6.07, 6.45) is 4.30. The van der Waals surface area contributed by atoms with Crippen LogP contribution in [0.2, 0.25) is 0 Å². The molecule has 2 nitrogen and oxygen atoms in total. The summed E-state index contributed by atoms with van der Waals surface area (Å²) in [5.41, 5.74) is 8.04. The van der Waals surface area contributed by atoms with E-state index in [1.807, 2.05) is 24.3 Å². The van der Waals surface area contributed by atoms with Crippen LogP contribution in [0.25, 0.3) is 17.2 Å². The monoisotopic (exact) mass is 297 g/mol. The number of hydrogen-bond acceptors (Lipinski definition) is 2. The van der Waals surface area contributed by atoms with E-state index in [2.05, 4.69) is 47.4 Å². The molecule has 110 valence electrons. The fourth-order valence-electron chi connectivity index (χ4n) is 3.77. The van der Waals surface area contributed by atoms with Gasteiger partial charge in [-0.05, 0) is 34.4 Å². The molecule has 23 heavy (non-hydrogen) atoms. The number of hydrogen-bond donors (Lipinski definition) is 0. The molecule has 0 fully saturated rings. The zero-order chi connectivity index (χ0) is 15.4. The molecule has 5 rings (SSSR count). The van der Waals surface area contributed by atoms with Crippen LogP contribution in [0.3, 0.4) is 0 Å². The maximum atomic E-state index is 12.6. The normalized spacial score (nSPS) is 18.4. The van der Waals surface area contributed by atoms with Crippen molar-refractivity contribution in [3.63, 3.8) is 0 Å². The van der Waals surface area contributed by atoms with E-state index in [9.17, 15) is 4.79 Å². The topological polar surface area (TPSA) is 20.3 Å². The van der Waals surface area contributed by atoms with Crippen LogP contribution in [0.1, 0.15) is 16.7 Å². The van der Waals surface area contributed by atoms with Crippen molar-refractivity contribution >= 4 is 23.0 Å². The Hall–Kier alpha value is -2.87. The molecule has 1 aliphatic carbocycles. The van der Waals surface area contributed by atoms with Crippen molar-refractivity contribution in [2.75, 3.05) is 13.1 Å². The van der Waals surface area contributed by atoms with E-state index in [1.165, 1.54) is 22.4 Å². The number of ketones is 1. The quantitative estimate of drug-likeness (QED) is 0.798. The molecule has 0 spiro atoms. The number of benzene rings is 2. The molecule has 0 saturated carbocycles. The van der Waals surface area contributed by atoms with Gasteiger partial charge in [0, 0.05) is 23.4 Å². The summed E-state index contributed by atoms with van der Waals surface area (Å²) >= 11 is 0. The Labute approximate surface area is 135 Å². The second kappa shape index (κ2) is 4.56. The first-order chi connectivity index (χ1) is 11.3. The van der Waals surface area contributed by atoms with Gasteiger partial charge in [-0.2, -0.15) is 0 Å². The average Bonchev–Trinajstić information content (AvgIpc) is 3.17. The average molecular weight is 297 g/mol. The summed E-state index contributed by atoms with van der Waals surface area (Å²) in [7, 11) is 0. The van der Waals surface area contributed by atoms with Gasteiger partial charge in [-0.15, -0.1) is 0 Å². The third-order valence-electron chi connectivity index (χ3n) is 4.85. The second-order valence-corrected chi connectivity index (χ2v) is 6.22. The van der Waals surface area contributed by atoms with Crippen molar-refractivity contribution in [1.29, 1.82) is 0 Å². The highest BCUT2D eigenvalue weighted by molar-refractivity contribution is 6.21. The van der Waals surface area contributed by atoms with Gasteiger partial charge in [0.1, 0.15) is 0 Å². The molecular formula is C21H15NO. The minimum Gasteiger partial charge on any atom is -0.359 e. The Morgan fingerprint density at radius 3 is 2.48 bits per heavy atom. The van der Waals surface area contributed by atoms with E-state index < -0.39 is 0 Å². The van der Waals surface area contributed by atoms with Crippen LogP contribution in [-0.4, -0.2) is 23.8 Å². The molecule has 0 atom stereocenters. The van der Waals surface area contributed by atoms with Gasteiger partial charge < -0.3 is 4.90 Å². The molecule has 0 saturated heterocycles. The van der Waals surface area contributed by atoms with Crippen molar-refractivity contribution in [3.05, 3.63) is 88.6 Å². The summed E-state index contributed by atoms with van der Waals surface area (Å²) in [5.74, 6) is 0.225. The minimum absolute atomic E-state index is 0.225. The van der Waals surface area contributed by atoms with Crippen molar-refractivity contribution in [2.24, 2.45) is 0 Å². The smallest absolute Gasteiger partial charge is 0.182 e. The van der Waals surface area contributed by atoms with E-state index in [-0.39, 0.29) is 5.78 Å². The molecule has 0 amide bonds. The van der Waals surface area contributed by atoms with E-state index in [4.69, 9.17) is 0 Å². The number of carbonyl (C=O) groups is 1. The Morgan fingerprint density at radius 2 is 1.61 bits per heavy atom. The Bertz CT molecular complexity index is 931. The lowest BCUT2D eigenvalue weighted by Crippen LogP contribution is -2.32. The van der Waals surface area contributed by atoms with Crippen molar-refractivity contribution < 1.29 is 4.79 Å². The number of Topliss-reactive ketones (excluding diaryl/α,β-unsaturated/α-hetero) is 1. The maximum Gasteiger partial charge on any atom is 0.182 e. The summed E-state index contributed by atoms with van der Waals surface area (Å²) < 4.78 is 0. The molecular weight excluding hydrogens is 282 g/mol. The first-order valence-corrected chi connectivity index (χ1v) is 7.91. The molecule has 3 aliphatic rings. The number of rotatable bonds is 1. The molecule has 2 heterocycles. The molecule has 2 aliphatic heterocycles. The lowest BCUT2D eigenvalue weighted by Gasteiger charge is -2.27. The summed E-state index contributed by atoms with van der Waals surface area (Å²) in [5, 5.41) is 0. The van der Waals surface area contributed by atoms with Crippen molar-refractivity contribution in [2.45, 2.75) is 0 Å². The Morgan fingerprint density at radius 1 is 0.826 bits per heavy atom. The zero-order valence-electron chi connectivity index (χ0n) is 12.6. The van der Waals surface area contributed by atoms with Crippen LogP contribution in [0.15, 0.2) is 71.9 Å². The lowest BCUT2D eigenvalue weighted by molar-refractivity contribution is -0.115. The number of fused-ring (bicyclic) bond motifs is 4. The van der Waals surface area contributed by atoms with E-state index in [0.29, 0.717) is 6.54 Å². The van der Waals surface area contributed by atoms with Gasteiger partial charge in [0.25, 0.3) is 0 Å². The van der Waals surface area contributed by atoms with E-state index >= 15 is 0 Å². The first-order valence-electron chi connectivity index (χ1n) is 7.91. The fraction of sp³-hybridized carbons (Fsp3) is 0.0952. The van der Waals surface area contributed by atoms with Gasteiger partial charge in [-0.3, -0.25) is 4.79 Å². The summed E-state index contributed by atoms with van der Waals surface area (Å²) in [6, 6.07) is 18.7. The molecule has 0 bridgehead atoms. The highest BCUT2D eigenvalue weighted by Crippen LogP contribution is 2.44. The fourth-order valence-corrected chi connectivity index (χ4v) is 3.77. The highest BCUT2D eigenvalue weighted by Gasteiger charge is 2.36. The van der Waals surface area contributed by atoms with Gasteiger partial charge >= 0.3 is 0 Å². The van der Waals surface area contributed by atoms with E-state index in [1.54, 1.807) is 0 Å². The third kappa shape index (κ3) is 1.78. The molecule has 0 aromatic heterocycles. The molecule has 0 radical (unpaired) electrons. The van der Waals surface area contributed by atoms with Gasteiger partial charge in [-0.25, -0.2) is 0 Å². The van der Waals surface area contributed by atoms with Crippen molar-refractivity contribution in [1.82, 2.24) is 4.90 Å². The van der Waals surface area contributed by atoms with Crippen LogP contribution in [0.5, 0.6) is 0 Å². The maximum absolute atomic E-state index is 12.6. The predicted molar refractivity (Wildman–Crippen MR) is 92.3 cm³/mol. The van der Waals surface area contributed by atoms with Crippen LogP contribution in [0.4, 0.5) is 0 Å². The standard InChI is InChI=1S/C21H15NO/c23-20-13-22-12-16(14-6-2-1-3-7-14)11-19(22)21-17-9-5-4-8-15(17)10-18(20)21/h1-11H,12-13H2. The molecule has 2 aromatic rings. The molecule has 2 heteroatoms. The second-order valence-electron chi connectivity index (χ2n) is 6.22. The van der Waals surface area contributed by atoms with Crippen LogP contribution in [0, 0.1) is 0 Å². The van der Waals surface area contributed by atoms with Crippen LogP contribution >= 0.6 is 0 Å². The number of carbonyl (C=O) groups excluding carboxylic acids is 1. The lowest BCUT2D eigenvalue weighted by atomic mass is 9.94. The van der Waals surface area contributed by atoms with Crippen LogP contribution < -0.4 is 0 Å². The van der Waals surface area contributed by atoms with Crippen LogP contribution in [-0.2, 0) is 4.79 Å². The Kier molecular flexibility index (Phi) is 2.51. The highest BCUT2D eigenvalue weighted by atomic mass is 16.1. The van der Waals surface area contributed by atoms with Gasteiger partial charge in [0.05, 0.1) is 6.54 Å². The minimum atomic E-state index is 0.225. The predicted octanol–water partition coefficient (Wildman–Crippen LogP) is 3.78. The SMILES string of the molecule is O=C1CN2CC(c3ccccc3)=CC2=C2C1=Cc1ccccc12. The van der Waals surface area contributed by atoms with Crippen molar-refractivity contribution in [3.8, 4) is 0 Å². The summed E-state index contributed by atoms with van der Waals surface area (Å²) in [6.45, 7) is 1.29. The van der Waals surface area contributed by atoms with Gasteiger partial charge in [0.15, 0.2) is 5.78 Å². The molecule has 0 unspecified atom stereocenters. The van der Waals surface area contributed by atoms with E-state index in [0.717, 1.165) is 23.3 Å². The van der Waals surface area contributed by atoms with Gasteiger partial charge in [-0.1, -0.05) is 54.6 Å². The zero-order valence-corrected chi connectivity index (χ0v) is 12.6. The van der Waals surface area contributed by atoms with Gasteiger partial charge in [0.2, 0.25) is 0 Å². The molecule has 0 N–H and O–H groups in total. The largest absolute Gasteiger partial charge is 0.359 e. The summed E-state index contributed by atoms with van der Waals surface area (Å²) in [4.78, 5) is 14.8. The number of allylic oxidation sites excluding steroid dienone is 2. The number of nitrogens with zero attached hydrogens (tertiary/aromatic N) is 1. The molecule has 2 aromatic carbocycles.